The minimum absolute atomic E-state index is 0.124. The minimum atomic E-state index is -3.57. The average Bonchev–Trinajstić information content (AvgIpc) is 2.96. The van der Waals surface area contributed by atoms with Gasteiger partial charge in [-0.05, 0) is 51.2 Å². The van der Waals surface area contributed by atoms with Crippen molar-refractivity contribution >= 4 is 21.6 Å². The van der Waals surface area contributed by atoms with E-state index in [0.29, 0.717) is 36.9 Å². The lowest BCUT2D eigenvalue weighted by molar-refractivity contribution is -0.116. The minimum Gasteiger partial charge on any atom is -0.326 e. The van der Waals surface area contributed by atoms with E-state index >= 15 is 0 Å². The second-order valence-corrected chi connectivity index (χ2v) is 9.80. The van der Waals surface area contributed by atoms with E-state index in [1.165, 1.54) is 0 Å². The van der Waals surface area contributed by atoms with E-state index in [1.807, 2.05) is 31.2 Å². The molecule has 0 saturated carbocycles. The molecule has 1 fully saturated rings. The summed E-state index contributed by atoms with van der Waals surface area (Å²) in [6.45, 7) is 9.00. The molecule has 0 radical (unpaired) electrons. The van der Waals surface area contributed by atoms with Gasteiger partial charge in [0.2, 0.25) is 15.9 Å². The number of sulfonamides is 1. The number of aryl methyl sites for hydroxylation is 3. The van der Waals surface area contributed by atoms with Crippen LogP contribution >= 0.6 is 0 Å². The molecule has 1 aromatic carbocycles. The Hall–Kier alpha value is -2.19. The van der Waals surface area contributed by atoms with Gasteiger partial charge in [0.05, 0.1) is 17.9 Å². The molecule has 0 bridgehead atoms. The summed E-state index contributed by atoms with van der Waals surface area (Å²) in [4.78, 5) is 12.6. The van der Waals surface area contributed by atoms with Crippen LogP contribution in [0.15, 0.2) is 29.2 Å². The number of carbonyl (C=O) groups excluding carboxylic acids is 1. The Kier molecular flexibility index (Phi) is 6.43. The SMILES string of the molecule is Cc1ccccc1NC(=O)CCn1nc(C)c(S(=O)(=O)N2CCC(C)CC2)c1C. The fraction of sp³-hybridized carbons (Fsp3) is 0.524. The molecule has 1 aliphatic heterocycles. The molecule has 7 nitrogen and oxygen atoms in total. The predicted octanol–water partition coefficient (Wildman–Crippen LogP) is 3.26. The first kappa shape index (κ1) is 21.5. The zero-order valence-corrected chi connectivity index (χ0v) is 18.4. The van der Waals surface area contributed by atoms with Crippen LogP contribution in [0.5, 0.6) is 0 Å². The molecule has 3 rings (SSSR count). The molecule has 0 aliphatic carbocycles. The van der Waals surface area contributed by atoms with Crippen LogP contribution in [-0.2, 0) is 21.4 Å². The van der Waals surface area contributed by atoms with Crippen molar-refractivity contribution in [3.8, 4) is 0 Å². The largest absolute Gasteiger partial charge is 0.326 e. The fourth-order valence-electron chi connectivity index (χ4n) is 3.76. The van der Waals surface area contributed by atoms with Gasteiger partial charge >= 0.3 is 0 Å². The van der Waals surface area contributed by atoms with Crippen LogP contribution in [0.1, 0.15) is 43.1 Å². The lowest BCUT2D eigenvalue weighted by Crippen LogP contribution is -2.38. The normalized spacial score (nSPS) is 16.1. The Morgan fingerprint density at radius 3 is 2.48 bits per heavy atom. The average molecular weight is 419 g/mol. The number of benzene rings is 1. The second kappa shape index (κ2) is 8.67. The van der Waals surface area contributed by atoms with Gasteiger partial charge in [0.15, 0.2) is 0 Å². The number of carbonyl (C=O) groups is 1. The van der Waals surface area contributed by atoms with Crippen molar-refractivity contribution in [1.82, 2.24) is 14.1 Å². The summed E-state index contributed by atoms with van der Waals surface area (Å²) in [7, 11) is -3.57. The van der Waals surface area contributed by atoms with E-state index in [-0.39, 0.29) is 17.2 Å². The third kappa shape index (κ3) is 4.70. The zero-order valence-electron chi connectivity index (χ0n) is 17.6. The first-order chi connectivity index (χ1) is 13.7. The monoisotopic (exact) mass is 418 g/mol. The number of anilines is 1. The van der Waals surface area contributed by atoms with Crippen molar-refractivity contribution in [1.29, 1.82) is 0 Å². The van der Waals surface area contributed by atoms with Gasteiger partial charge in [-0.15, -0.1) is 0 Å². The highest BCUT2D eigenvalue weighted by atomic mass is 32.2. The standard InChI is InChI=1S/C21H30N4O3S/c1-15-9-12-24(13-10-15)29(27,28)21-17(3)23-25(18(21)4)14-11-20(26)22-19-8-6-5-7-16(19)2/h5-8,15H,9-14H2,1-4H3,(H,22,26). The summed E-state index contributed by atoms with van der Waals surface area (Å²) in [5.41, 5.74) is 2.86. The maximum absolute atomic E-state index is 13.2. The predicted molar refractivity (Wildman–Crippen MR) is 113 cm³/mol. The summed E-state index contributed by atoms with van der Waals surface area (Å²) >= 11 is 0. The Labute approximate surface area is 173 Å². The van der Waals surface area contributed by atoms with Crippen molar-refractivity contribution in [2.24, 2.45) is 5.92 Å². The topological polar surface area (TPSA) is 84.3 Å². The number of aromatic nitrogens is 2. The molecule has 158 valence electrons. The first-order valence-corrected chi connectivity index (χ1v) is 11.5. The van der Waals surface area contributed by atoms with Gasteiger partial charge in [-0.25, -0.2) is 8.42 Å². The number of nitrogens with one attached hydrogen (secondary N) is 1. The highest BCUT2D eigenvalue weighted by Gasteiger charge is 2.32. The van der Waals surface area contributed by atoms with E-state index in [0.717, 1.165) is 24.1 Å². The Balaban J connectivity index is 1.71. The number of piperidine rings is 1. The van der Waals surface area contributed by atoms with Crippen LogP contribution in [0.2, 0.25) is 0 Å². The van der Waals surface area contributed by atoms with Gasteiger partial charge in [-0.3, -0.25) is 9.48 Å². The molecule has 1 saturated heterocycles. The molecule has 2 aromatic rings. The lowest BCUT2D eigenvalue weighted by Gasteiger charge is -2.29. The van der Waals surface area contributed by atoms with Crippen molar-refractivity contribution in [2.45, 2.75) is 58.4 Å². The molecule has 1 amide bonds. The van der Waals surface area contributed by atoms with E-state index in [9.17, 15) is 13.2 Å². The van der Waals surface area contributed by atoms with Crippen molar-refractivity contribution < 1.29 is 13.2 Å². The van der Waals surface area contributed by atoms with E-state index in [1.54, 1.807) is 22.8 Å². The Morgan fingerprint density at radius 2 is 1.83 bits per heavy atom. The van der Waals surface area contributed by atoms with Crippen LogP contribution in [0.3, 0.4) is 0 Å². The lowest BCUT2D eigenvalue weighted by atomic mass is 10.0. The molecule has 0 unspecified atom stereocenters. The van der Waals surface area contributed by atoms with Crippen LogP contribution in [0.4, 0.5) is 5.69 Å². The van der Waals surface area contributed by atoms with Gasteiger partial charge in [0, 0.05) is 25.2 Å². The van der Waals surface area contributed by atoms with Gasteiger partial charge in [0.1, 0.15) is 4.90 Å². The molecule has 1 N–H and O–H groups in total. The van der Waals surface area contributed by atoms with Gasteiger partial charge < -0.3 is 5.32 Å². The summed E-state index contributed by atoms with van der Waals surface area (Å²) in [6.07, 6.45) is 1.98. The molecule has 2 heterocycles. The van der Waals surface area contributed by atoms with Crippen LogP contribution in [-0.4, -0.2) is 41.5 Å². The molecule has 1 aliphatic rings. The smallest absolute Gasteiger partial charge is 0.246 e. The van der Waals surface area contributed by atoms with Gasteiger partial charge in [-0.2, -0.15) is 9.40 Å². The molecule has 0 atom stereocenters. The first-order valence-electron chi connectivity index (χ1n) is 10.1. The Morgan fingerprint density at radius 1 is 1.17 bits per heavy atom. The van der Waals surface area contributed by atoms with Gasteiger partial charge in [0.25, 0.3) is 0 Å². The molecular formula is C21H30N4O3S. The third-order valence-corrected chi connectivity index (χ3v) is 7.78. The van der Waals surface area contributed by atoms with Crippen LogP contribution < -0.4 is 5.32 Å². The van der Waals surface area contributed by atoms with E-state index in [4.69, 9.17) is 0 Å². The highest BCUT2D eigenvalue weighted by Crippen LogP contribution is 2.27. The zero-order chi connectivity index (χ0) is 21.2. The molecule has 1 aromatic heterocycles. The maximum Gasteiger partial charge on any atom is 0.246 e. The highest BCUT2D eigenvalue weighted by molar-refractivity contribution is 7.89. The van der Waals surface area contributed by atoms with Crippen molar-refractivity contribution in [3.63, 3.8) is 0 Å². The summed E-state index contributed by atoms with van der Waals surface area (Å²) < 4.78 is 29.5. The van der Waals surface area contributed by atoms with E-state index < -0.39 is 10.0 Å². The number of nitrogens with zero attached hydrogens (tertiary/aromatic N) is 3. The number of amides is 1. The molecule has 0 spiro atoms. The second-order valence-electron chi connectivity index (χ2n) is 7.92. The number of hydrogen-bond donors (Lipinski definition) is 1. The van der Waals surface area contributed by atoms with Crippen molar-refractivity contribution in [3.05, 3.63) is 41.2 Å². The maximum atomic E-state index is 13.2. The quantitative estimate of drug-likeness (QED) is 0.780. The van der Waals surface area contributed by atoms with Gasteiger partial charge in [-0.1, -0.05) is 25.1 Å². The molecule has 29 heavy (non-hydrogen) atoms. The van der Waals surface area contributed by atoms with Crippen LogP contribution in [0.25, 0.3) is 0 Å². The fourth-order valence-corrected chi connectivity index (χ4v) is 5.60. The summed E-state index contributed by atoms with van der Waals surface area (Å²) in [6, 6.07) is 7.60. The Bertz CT molecular complexity index is 989. The summed E-state index contributed by atoms with van der Waals surface area (Å²) in [5.74, 6) is 0.430. The van der Waals surface area contributed by atoms with Crippen LogP contribution in [0, 0.1) is 26.7 Å². The third-order valence-electron chi connectivity index (χ3n) is 5.63. The molecular weight excluding hydrogens is 388 g/mol. The summed E-state index contributed by atoms with van der Waals surface area (Å²) in [5, 5.41) is 7.31. The number of hydrogen-bond acceptors (Lipinski definition) is 4. The van der Waals surface area contributed by atoms with E-state index in [2.05, 4.69) is 17.3 Å². The van der Waals surface area contributed by atoms with Crippen molar-refractivity contribution in [2.75, 3.05) is 18.4 Å². The number of para-hydroxylation sites is 1. The molecule has 8 heteroatoms. The number of rotatable bonds is 6.